The van der Waals surface area contributed by atoms with Crippen molar-refractivity contribution in [2.75, 3.05) is 0 Å². The first-order valence-corrected chi connectivity index (χ1v) is 5.94. The lowest BCUT2D eigenvalue weighted by Gasteiger charge is -2.09. The van der Waals surface area contributed by atoms with Gasteiger partial charge in [-0.3, -0.25) is 4.79 Å². The molecule has 1 amide bonds. The van der Waals surface area contributed by atoms with E-state index < -0.39 is 0 Å². The molecule has 88 valence electrons. The van der Waals surface area contributed by atoms with Crippen LogP contribution in [-0.2, 0) is 4.79 Å². The number of aryl methyl sites for hydroxylation is 1. The van der Waals surface area contributed by atoms with Crippen LogP contribution in [0.3, 0.4) is 0 Å². The molecule has 1 fully saturated rings. The summed E-state index contributed by atoms with van der Waals surface area (Å²) in [5, 5.41) is 12.0. The normalized spacial score (nSPS) is 16.0. The van der Waals surface area contributed by atoms with E-state index >= 15 is 0 Å². The van der Waals surface area contributed by atoms with Gasteiger partial charge in [0, 0.05) is 12.5 Å². The minimum absolute atomic E-state index is 0.0142. The largest absolute Gasteiger partial charge is 0.353 e. The fourth-order valence-corrected chi connectivity index (χ4v) is 1.74. The second-order valence-corrected chi connectivity index (χ2v) is 4.64. The van der Waals surface area contributed by atoms with Crippen molar-refractivity contribution in [2.45, 2.75) is 38.1 Å². The van der Waals surface area contributed by atoms with Crippen molar-refractivity contribution < 1.29 is 4.79 Å². The van der Waals surface area contributed by atoms with Gasteiger partial charge < -0.3 is 5.32 Å². The molecule has 0 spiro atoms. The predicted molar refractivity (Wildman–Crippen MR) is 65.3 cm³/mol. The Hall–Kier alpha value is -1.82. The summed E-state index contributed by atoms with van der Waals surface area (Å²) in [6.45, 7) is 2.00. The first-order chi connectivity index (χ1) is 8.19. The summed E-state index contributed by atoms with van der Waals surface area (Å²) >= 11 is 0. The molecule has 1 aliphatic rings. The molecule has 1 atom stereocenters. The third-order valence-corrected chi connectivity index (χ3v) is 2.97. The highest BCUT2D eigenvalue weighted by atomic mass is 16.1. The molecule has 0 bridgehead atoms. The van der Waals surface area contributed by atoms with E-state index in [2.05, 4.69) is 11.4 Å². The Balaban J connectivity index is 1.98. The molecular formula is C14H16N2O. The van der Waals surface area contributed by atoms with Crippen LogP contribution in [-0.4, -0.2) is 11.9 Å². The Bertz CT molecular complexity index is 440. The minimum atomic E-state index is -0.339. The highest BCUT2D eigenvalue weighted by molar-refractivity contribution is 5.78. The highest BCUT2D eigenvalue weighted by Crippen LogP contribution is 2.22. The van der Waals surface area contributed by atoms with E-state index in [9.17, 15) is 4.79 Å². The van der Waals surface area contributed by atoms with Crippen LogP contribution >= 0.6 is 0 Å². The topological polar surface area (TPSA) is 52.9 Å². The number of amides is 1. The lowest BCUT2D eigenvalue weighted by molar-refractivity contribution is -0.121. The van der Waals surface area contributed by atoms with Gasteiger partial charge in [-0.15, -0.1) is 0 Å². The van der Waals surface area contributed by atoms with E-state index in [1.54, 1.807) is 0 Å². The molecular weight excluding hydrogens is 212 g/mol. The average molecular weight is 228 g/mol. The van der Waals surface area contributed by atoms with Gasteiger partial charge >= 0.3 is 0 Å². The van der Waals surface area contributed by atoms with E-state index in [1.165, 1.54) is 0 Å². The van der Waals surface area contributed by atoms with Crippen molar-refractivity contribution in [2.24, 2.45) is 0 Å². The third kappa shape index (κ3) is 3.32. The van der Waals surface area contributed by atoms with Crippen molar-refractivity contribution in [3.05, 3.63) is 35.4 Å². The number of hydrogen-bond donors (Lipinski definition) is 1. The van der Waals surface area contributed by atoms with E-state index in [-0.39, 0.29) is 18.2 Å². The van der Waals surface area contributed by atoms with Crippen LogP contribution in [0.1, 0.15) is 36.3 Å². The molecule has 0 radical (unpaired) electrons. The number of benzene rings is 1. The molecule has 17 heavy (non-hydrogen) atoms. The number of nitrogens with zero attached hydrogens (tertiary/aromatic N) is 1. The number of carbonyl (C=O) groups is 1. The Morgan fingerprint density at radius 1 is 1.47 bits per heavy atom. The molecule has 3 heteroatoms. The maximum absolute atomic E-state index is 11.6. The quantitative estimate of drug-likeness (QED) is 0.859. The van der Waals surface area contributed by atoms with Gasteiger partial charge in [-0.1, -0.05) is 29.8 Å². The van der Waals surface area contributed by atoms with Crippen molar-refractivity contribution in [1.82, 2.24) is 5.32 Å². The lowest BCUT2D eigenvalue weighted by atomic mass is 9.96. The van der Waals surface area contributed by atoms with Gasteiger partial charge in [0.05, 0.1) is 12.0 Å². The second-order valence-electron chi connectivity index (χ2n) is 4.64. The molecule has 1 aromatic rings. The number of hydrogen-bond acceptors (Lipinski definition) is 2. The zero-order valence-corrected chi connectivity index (χ0v) is 9.94. The van der Waals surface area contributed by atoms with Gasteiger partial charge in [-0.2, -0.15) is 5.26 Å². The molecule has 0 aliphatic heterocycles. The van der Waals surface area contributed by atoms with Gasteiger partial charge in [0.1, 0.15) is 0 Å². The number of rotatable bonds is 4. The van der Waals surface area contributed by atoms with Gasteiger partial charge in [0.2, 0.25) is 5.91 Å². The summed E-state index contributed by atoms with van der Waals surface area (Å²) in [7, 11) is 0. The van der Waals surface area contributed by atoms with Crippen LogP contribution in [0.4, 0.5) is 0 Å². The summed E-state index contributed by atoms with van der Waals surface area (Å²) in [5.41, 5.74) is 2.08. The molecule has 0 aromatic heterocycles. The van der Waals surface area contributed by atoms with Gasteiger partial charge in [-0.25, -0.2) is 0 Å². The van der Waals surface area contributed by atoms with Gasteiger partial charge in [0.15, 0.2) is 0 Å². The molecule has 1 N–H and O–H groups in total. The first-order valence-electron chi connectivity index (χ1n) is 5.94. The van der Waals surface area contributed by atoms with Gasteiger partial charge in [-0.05, 0) is 25.3 Å². The zero-order chi connectivity index (χ0) is 12.3. The zero-order valence-electron chi connectivity index (χ0n) is 9.94. The lowest BCUT2D eigenvalue weighted by Crippen LogP contribution is -2.26. The fraction of sp³-hybridized carbons (Fsp3) is 0.429. The first kappa shape index (κ1) is 11.7. The Morgan fingerprint density at radius 2 is 2.12 bits per heavy atom. The third-order valence-electron chi connectivity index (χ3n) is 2.97. The Kier molecular flexibility index (Phi) is 3.43. The molecule has 0 saturated heterocycles. The summed E-state index contributed by atoms with van der Waals surface area (Å²) in [5.74, 6) is -0.353. The SMILES string of the molecule is Cc1ccc(C(C#N)CC(=O)NC2CC2)cc1. The maximum Gasteiger partial charge on any atom is 0.221 e. The number of nitriles is 1. The Morgan fingerprint density at radius 3 is 2.65 bits per heavy atom. The van der Waals surface area contributed by atoms with E-state index in [1.807, 2.05) is 31.2 Å². The second kappa shape index (κ2) is 5.01. The summed E-state index contributed by atoms with van der Waals surface area (Å²) in [6, 6.07) is 10.4. The van der Waals surface area contributed by atoms with Gasteiger partial charge in [0.25, 0.3) is 0 Å². The molecule has 1 aromatic carbocycles. The smallest absolute Gasteiger partial charge is 0.221 e. The fourth-order valence-electron chi connectivity index (χ4n) is 1.74. The molecule has 0 heterocycles. The van der Waals surface area contributed by atoms with E-state index in [0.29, 0.717) is 6.04 Å². The Labute approximate surface area is 101 Å². The molecule has 3 nitrogen and oxygen atoms in total. The molecule has 1 aliphatic carbocycles. The standard InChI is InChI=1S/C14H16N2O/c1-10-2-4-11(5-3-10)12(9-15)8-14(17)16-13-6-7-13/h2-5,12-13H,6-8H2,1H3,(H,16,17). The molecule has 2 rings (SSSR count). The summed E-state index contributed by atoms with van der Waals surface area (Å²) in [4.78, 5) is 11.6. The van der Waals surface area contributed by atoms with Crippen LogP contribution in [0.2, 0.25) is 0 Å². The predicted octanol–water partition coefficient (Wildman–Crippen LogP) is 2.27. The van der Waals surface area contributed by atoms with E-state index in [4.69, 9.17) is 5.26 Å². The average Bonchev–Trinajstić information content (AvgIpc) is 3.11. The maximum atomic E-state index is 11.6. The summed E-state index contributed by atoms with van der Waals surface area (Å²) in [6.07, 6.45) is 2.41. The van der Waals surface area contributed by atoms with Crippen molar-refractivity contribution in [3.8, 4) is 6.07 Å². The van der Waals surface area contributed by atoms with Crippen LogP contribution in [0.25, 0.3) is 0 Å². The molecule has 1 saturated carbocycles. The monoisotopic (exact) mass is 228 g/mol. The number of carbonyl (C=O) groups excluding carboxylic acids is 1. The van der Waals surface area contributed by atoms with Crippen LogP contribution in [0, 0.1) is 18.3 Å². The minimum Gasteiger partial charge on any atom is -0.353 e. The van der Waals surface area contributed by atoms with Crippen molar-refractivity contribution in [3.63, 3.8) is 0 Å². The van der Waals surface area contributed by atoms with Crippen LogP contribution in [0.15, 0.2) is 24.3 Å². The number of nitrogens with one attached hydrogen (secondary N) is 1. The van der Waals surface area contributed by atoms with Crippen molar-refractivity contribution >= 4 is 5.91 Å². The summed E-state index contributed by atoms with van der Waals surface area (Å²) < 4.78 is 0. The molecule has 1 unspecified atom stereocenters. The van der Waals surface area contributed by atoms with Crippen molar-refractivity contribution in [1.29, 1.82) is 5.26 Å². The highest BCUT2D eigenvalue weighted by Gasteiger charge is 2.24. The van der Waals surface area contributed by atoms with Crippen LogP contribution < -0.4 is 5.32 Å². The van der Waals surface area contributed by atoms with Crippen LogP contribution in [0.5, 0.6) is 0 Å². The van der Waals surface area contributed by atoms with E-state index in [0.717, 1.165) is 24.0 Å².